The Bertz CT molecular complexity index is 1070. The predicted molar refractivity (Wildman–Crippen MR) is 138 cm³/mol. The summed E-state index contributed by atoms with van der Waals surface area (Å²) in [4.78, 5) is 29.9. The predicted octanol–water partition coefficient (Wildman–Crippen LogP) is 4.19. The van der Waals surface area contributed by atoms with Crippen LogP contribution in [0.1, 0.15) is 31.4 Å². The highest BCUT2D eigenvalue weighted by molar-refractivity contribution is 5.93. The van der Waals surface area contributed by atoms with E-state index in [-0.39, 0.29) is 18.5 Å². The molecule has 0 saturated carbocycles. The Morgan fingerprint density at radius 1 is 0.944 bits per heavy atom. The molecule has 0 unspecified atom stereocenters. The maximum Gasteiger partial charge on any atom is 0.322 e. The number of hydrogen-bond donors (Lipinski definition) is 1. The Hall–Kier alpha value is -3.62. The number of amides is 3. The van der Waals surface area contributed by atoms with Crippen LogP contribution in [0.3, 0.4) is 0 Å². The lowest BCUT2D eigenvalue weighted by atomic mass is 9.98. The van der Waals surface area contributed by atoms with Gasteiger partial charge in [-0.3, -0.25) is 4.79 Å². The summed E-state index contributed by atoms with van der Waals surface area (Å²) in [6.07, 6.45) is 1.49. The van der Waals surface area contributed by atoms with Crippen LogP contribution in [0.15, 0.2) is 30.3 Å². The molecule has 1 heterocycles. The van der Waals surface area contributed by atoms with Crippen LogP contribution in [0.25, 0.3) is 0 Å². The van der Waals surface area contributed by atoms with Gasteiger partial charge in [-0.2, -0.15) is 0 Å². The number of ether oxygens (including phenoxy) is 4. The molecular weight excluding hydrogens is 462 g/mol. The second-order valence-electron chi connectivity index (χ2n) is 9.14. The van der Waals surface area contributed by atoms with Gasteiger partial charge in [0.05, 0.1) is 34.1 Å². The molecule has 36 heavy (non-hydrogen) atoms. The SMILES string of the molecule is COc1ccc(NC(=O)N(CCC(C)C)CC(=O)N2CCc3cc(OC)c(OC)cc3C2)c(OC)c1. The van der Waals surface area contributed by atoms with Crippen LogP contribution in [0.5, 0.6) is 23.0 Å². The molecule has 0 spiro atoms. The fourth-order valence-corrected chi connectivity index (χ4v) is 4.12. The van der Waals surface area contributed by atoms with Crippen molar-refractivity contribution in [2.45, 2.75) is 33.2 Å². The molecule has 9 heteroatoms. The van der Waals surface area contributed by atoms with Gasteiger partial charge in [0.15, 0.2) is 11.5 Å². The topological polar surface area (TPSA) is 89.6 Å². The molecule has 3 rings (SSSR count). The van der Waals surface area contributed by atoms with Crippen LogP contribution in [-0.2, 0) is 17.8 Å². The first-order valence-corrected chi connectivity index (χ1v) is 12.1. The van der Waals surface area contributed by atoms with Gasteiger partial charge in [-0.1, -0.05) is 13.8 Å². The Kier molecular flexibility index (Phi) is 9.27. The Balaban J connectivity index is 1.73. The van der Waals surface area contributed by atoms with E-state index in [0.29, 0.717) is 60.7 Å². The van der Waals surface area contributed by atoms with Crippen molar-refractivity contribution in [2.24, 2.45) is 5.92 Å². The summed E-state index contributed by atoms with van der Waals surface area (Å²) in [6.45, 7) is 5.66. The van der Waals surface area contributed by atoms with Crippen LogP contribution in [0, 0.1) is 5.92 Å². The van der Waals surface area contributed by atoms with Gasteiger partial charge in [-0.15, -0.1) is 0 Å². The van der Waals surface area contributed by atoms with Gasteiger partial charge < -0.3 is 34.1 Å². The third-order valence-electron chi connectivity index (χ3n) is 6.31. The molecule has 196 valence electrons. The number of urea groups is 1. The Morgan fingerprint density at radius 2 is 1.61 bits per heavy atom. The van der Waals surface area contributed by atoms with Gasteiger partial charge >= 0.3 is 6.03 Å². The molecule has 1 aliphatic rings. The molecule has 0 saturated heterocycles. The molecule has 2 aromatic rings. The van der Waals surface area contributed by atoms with E-state index in [2.05, 4.69) is 19.2 Å². The van der Waals surface area contributed by atoms with Crippen molar-refractivity contribution in [2.75, 3.05) is 53.4 Å². The second kappa shape index (κ2) is 12.4. The van der Waals surface area contributed by atoms with Crippen LogP contribution < -0.4 is 24.3 Å². The maximum atomic E-state index is 13.3. The summed E-state index contributed by atoms with van der Waals surface area (Å²) in [5, 5.41) is 2.89. The average molecular weight is 500 g/mol. The zero-order valence-electron chi connectivity index (χ0n) is 22.1. The minimum Gasteiger partial charge on any atom is -0.497 e. The summed E-state index contributed by atoms with van der Waals surface area (Å²) < 4.78 is 21.5. The molecule has 0 fully saturated rings. The molecule has 1 N–H and O–H groups in total. The quantitative estimate of drug-likeness (QED) is 0.527. The summed E-state index contributed by atoms with van der Waals surface area (Å²) in [6, 6.07) is 8.72. The van der Waals surface area contributed by atoms with Gasteiger partial charge in [-0.25, -0.2) is 4.79 Å². The van der Waals surface area contributed by atoms with Crippen LogP contribution in [0.4, 0.5) is 10.5 Å². The van der Waals surface area contributed by atoms with Gasteiger partial charge in [0, 0.05) is 25.7 Å². The molecule has 9 nitrogen and oxygen atoms in total. The molecular formula is C27H37N3O6. The summed E-state index contributed by atoms with van der Waals surface area (Å²) in [5.74, 6) is 2.70. The molecule has 0 atom stereocenters. The average Bonchev–Trinajstić information content (AvgIpc) is 2.89. The van der Waals surface area contributed by atoms with E-state index in [0.717, 1.165) is 17.5 Å². The summed E-state index contributed by atoms with van der Waals surface area (Å²) in [5.41, 5.74) is 2.67. The largest absolute Gasteiger partial charge is 0.497 e. The van der Waals surface area contributed by atoms with Crippen molar-refractivity contribution in [3.05, 3.63) is 41.5 Å². The number of carbonyl (C=O) groups excluding carboxylic acids is 2. The van der Waals surface area contributed by atoms with Crippen LogP contribution >= 0.6 is 0 Å². The fourth-order valence-electron chi connectivity index (χ4n) is 4.12. The normalized spacial score (nSPS) is 12.6. The van der Waals surface area contributed by atoms with Crippen molar-refractivity contribution >= 4 is 17.6 Å². The zero-order valence-corrected chi connectivity index (χ0v) is 22.1. The van der Waals surface area contributed by atoms with Crippen molar-refractivity contribution in [1.82, 2.24) is 9.80 Å². The first-order valence-electron chi connectivity index (χ1n) is 12.1. The van der Waals surface area contributed by atoms with Crippen molar-refractivity contribution in [3.8, 4) is 23.0 Å². The number of fused-ring (bicyclic) bond motifs is 1. The molecule has 0 bridgehead atoms. The van der Waals surface area contributed by atoms with Crippen molar-refractivity contribution in [3.63, 3.8) is 0 Å². The van der Waals surface area contributed by atoms with Gasteiger partial charge in [0.25, 0.3) is 0 Å². The number of anilines is 1. The number of hydrogen-bond acceptors (Lipinski definition) is 6. The Labute approximate surface area is 213 Å². The van der Waals surface area contributed by atoms with Crippen molar-refractivity contribution < 1.29 is 28.5 Å². The van der Waals surface area contributed by atoms with E-state index in [1.165, 1.54) is 7.11 Å². The van der Waals surface area contributed by atoms with E-state index < -0.39 is 0 Å². The van der Waals surface area contributed by atoms with E-state index in [9.17, 15) is 9.59 Å². The smallest absolute Gasteiger partial charge is 0.322 e. The summed E-state index contributed by atoms with van der Waals surface area (Å²) >= 11 is 0. The zero-order chi connectivity index (χ0) is 26.2. The number of nitrogens with one attached hydrogen (secondary N) is 1. The van der Waals surface area contributed by atoms with Crippen LogP contribution in [0.2, 0.25) is 0 Å². The van der Waals surface area contributed by atoms with Gasteiger partial charge in [0.2, 0.25) is 5.91 Å². The third kappa shape index (κ3) is 6.53. The number of rotatable bonds is 10. The monoisotopic (exact) mass is 499 g/mol. The van der Waals surface area contributed by atoms with Crippen molar-refractivity contribution in [1.29, 1.82) is 0 Å². The van der Waals surface area contributed by atoms with E-state index in [1.54, 1.807) is 49.3 Å². The highest BCUT2D eigenvalue weighted by atomic mass is 16.5. The van der Waals surface area contributed by atoms with Gasteiger partial charge in [0.1, 0.15) is 18.0 Å². The second-order valence-corrected chi connectivity index (χ2v) is 9.14. The minimum absolute atomic E-state index is 0.0142. The van der Waals surface area contributed by atoms with Crippen LogP contribution in [-0.4, -0.2) is 69.8 Å². The standard InChI is InChI=1S/C27H37N3O6/c1-18(2)9-11-30(27(32)28-22-8-7-21(33-3)15-23(22)34-4)17-26(31)29-12-10-19-13-24(35-5)25(36-6)14-20(19)16-29/h7-8,13-15,18H,9-12,16-17H2,1-6H3,(H,28,32). The molecule has 2 aromatic carbocycles. The highest BCUT2D eigenvalue weighted by Gasteiger charge is 2.26. The summed E-state index contributed by atoms with van der Waals surface area (Å²) in [7, 11) is 6.31. The van der Waals surface area contributed by atoms with E-state index in [4.69, 9.17) is 18.9 Å². The third-order valence-corrected chi connectivity index (χ3v) is 6.31. The Morgan fingerprint density at radius 3 is 2.22 bits per heavy atom. The molecule has 0 aromatic heterocycles. The maximum absolute atomic E-state index is 13.3. The highest BCUT2D eigenvalue weighted by Crippen LogP contribution is 2.33. The number of carbonyl (C=O) groups is 2. The minimum atomic E-state index is -0.351. The van der Waals surface area contributed by atoms with E-state index >= 15 is 0 Å². The number of nitrogens with zero attached hydrogens (tertiary/aromatic N) is 2. The lowest BCUT2D eigenvalue weighted by Gasteiger charge is -2.32. The lowest BCUT2D eigenvalue weighted by Crippen LogP contribution is -2.46. The number of benzene rings is 2. The molecule has 0 aliphatic carbocycles. The molecule has 1 aliphatic heterocycles. The molecule has 0 radical (unpaired) electrons. The fraction of sp³-hybridized carbons (Fsp3) is 0.481. The van der Waals surface area contributed by atoms with Gasteiger partial charge in [-0.05, 0) is 54.2 Å². The lowest BCUT2D eigenvalue weighted by molar-refractivity contribution is -0.132. The first-order chi connectivity index (χ1) is 17.3. The molecule has 3 amide bonds. The first kappa shape index (κ1) is 27.0. The number of methoxy groups -OCH3 is 4. The van der Waals surface area contributed by atoms with E-state index in [1.807, 2.05) is 12.1 Å².